The van der Waals surface area contributed by atoms with E-state index in [4.69, 9.17) is 14.6 Å². The highest BCUT2D eigenvalue weighted by molar-refractivity contribution is 5.69. The molecule has 6 nitrogen and oxygen atoms in total. The van der Waals surface area contributed by atoms with E-state index in [1.807, 2.05) is 49.1 Å². The molecule has 29 heavy (non-hydrogen) atoms. The topological polar surface area (TPSA) is 76.1 Å². The Bertz CT molecular complexity index is 501. The van der Waals surface area contributed by atoms with Crippen molar-refractivity contribution in [3.05, 3.63) is 37.0 Å². The van der Waals surface area contributed by atoms with Gasteiger partial charge in [-0.3, -0.25) is 9.59 Å². The molecule has 0 aliphatic rings. The van der Waals surface area contributed by atoms with Crippen molar-refractivity contribution in [1.82, 2.24) is 4.90 Å². The van der Waals surface area contributed by atoms with Gasteiger partial charge >= 0.3 is 11.9 Å². The Morgan fingerprint density at radius 2 is 1.66 bits per heavy atom. The Morgan fingerprint density at radius 3 is 2.24 bits per heavy atom. The van der Waals surface area contributed by atoms with E-state index in [0.29, 0.717) is 38.5 Å². The van der Waals surface area contributed by atoms with Crippen LogP contribution in [0.15, 0.2) is 37.0 Å². The summed E-state index contributed by atoms with van der Waals surface area (Å²) in [7, 11) is 0. The molecule has 0 heterocycles. The van der Waals surface area contributed by atoms with Crippen molar-refractivity contribution in [2.24, 2.45) is 5.92 Å². The number of likely N-dealkylation sites (N-methyl/N-ethyl adjacent to an activating group) is 1. The molecule has 0 radical (unpaired) electrons. The Balaban J connectivity index is 3.87. The number of aliphatic hydroxyl groups excluding tert-OH is 1. The second-order valence-corrected chi connectivity index (χ2v) is 6.78. The van der Waals surface area contributed by atoms with E-state index in [-0.39, 0.29) is 25.2 Å². The van der Waals surface area contributed by atoms with Crippen LogP contribution in [0.1, 0.15) is 52.4 Å². The van der Waals surface area contributed by atoms with Crippen molar-refractivity contribution in [3.63, 3.8) is 0 Å². The van der Waals surface area contributed by atoms with Gasteiger partial charge in [0.05, 0.1) is 13.0 Å². The number of aliphatic hydroxyl groups is 1. The van der Waals surface area contributed by atoms with Gasteiger partial charge in [-0.15, -0.1) is 6.58 Å². The summed E-state index contributed by atoms with van der Waals surface area (Å²) in [5, 5.41) is 8.93. The van der Waals surface area contributed by atoms with E-state index in [1.54, 1.807) is 0 Å². The zero-order chi connectivity index (χ0) is 21.7. The van der Waals surface area contributed by atoms with Gasteiger partial charge < -0.3 is 19.5 Å². The Morgan fingerprint density at radius 1 is 1.00 bits per heavy atom. The van der Waals surface area contributed by atoms with Crippen molar-refractivity contribution < 1.29 is 24.2 Å². The third-order valence-corrected chi connectivity index (χ3v) is 4.44. The predicted octanol–water partition coefficient (Wildman–Crippen LogP) is 3.66. The van der Waals surface area contributed by atoms with E-state index in [0.717, 1.165) is 32.2 Å². The minimum absolute atomic E-state index is 0.0955. The highest BCUT2D eigenvalue weighted by atomic mass is 16.5. The molecule has 0 aromatic heterocycles. The van der Waals surface area contributed by atoms with Crippen LogP contribution < -0.4 is 0 Å². The summed E-state index contributed by atoms with van der Waals surface area (Å²) in [5.41, 5.74) is 0. The minimum atomic E-state index is -0.226. The van der Waals surface area contributed by atoms with Gasteiger partial charge in [0.25, 0.3) is 0 Å². The Labute approximate surface area is 176 Å². The largest absolute Gasteiger partial charge is 0.461 e. The summed E-state index contributed by atoms with van der Waals surface area (Å²) in [6.07, 6.45) is 14.0. The Kier molecular flexibility index (Phi) is 18.1. The van der Waals surface area contributed by atoms with Crippen LogP contribution in [0.2, 0.25) is 0 Å². The molecular weight excluding hydrogens is 370 g/mol. The number of carbonyl (C=O) groups is 2. The van der Waals surface area contributed by atoms with Gasteiger partial charge in [-0.2, -0.15) is 0 Å². The minimum Gasteiger partial charge on any atom is -0.461 e. The molecule has 1 atom stereocenters. The van der Waals surface area contributed by atoms with E-state index in [9.17, 15) is 9.59 Å². The molecule has 1 unspecified atom stereocenters. The maximum atomic E-state index is 11.7. The first-order valence-electron chi connectivity index (χ1n) is 10.6. The lowest BCUT2D eigenvalue weighted by Crippen LogP contribution is -2.29. The molecule has 1 N–H and O–H groups in total. The normalized spacial score (nSPS) is 12.6. The first-order chi connectivity index (χ1) is 14.1. The van der Waals surface area contributed by atoms with Gasteiger partial charge in [0.1, 0.15) is 13.2 Å². The molecule has 0 rings (SSSR count). The Hall–Kier alpha value is -1.92. The van der Waals surface area contributed by atoms with Crippen LogP contribution >= 0.6 is 0 Å². The molecule has 0 saturated carbocycles. The van der Waals surface area contributed by atoms with Crippen molar-refractivity contribution in [2.45, 2.75) is 52.4 Å². The number of esters is 2. The molecule has 0 saturated heterocycles. The van der Waals surface area contributed by atoms with Crippen LogP contribution in [0.3, 0.4) is 0 Å². The van der Waals surface area contributed by atoms with Gasteiger partial charge in [0.2, 0.25) is 0 Å². The third-order valence-electron chi connectivity index (χ3n) is 4.44. The fraction of sp³-hybridized carbons (Fsp3) is 0.652. The maximum Gasteiger partial charge on any atom is 0.307 e. The van der Waals surface area contributed by atoms with Gasteiger partial charge in [-0.25, -0.2) is 0 Å². The van der Waals surface area contributed by atoms with E-state index in [2.05, 4.69) is 6.58 Å². The van der Waals surface area contributed by atoms with Crippen molar-refractivity contribution in [3.8, 4) is 0 Å². The van der Waals surface area contributed by atoms with Gasteiger partial charge in [0, 0.05) is 19.5 Å². The smallest absolute Gasteiger partial charge is 0.307 e. The third kappa shape index (κ3) is 16.7. The molecule has 0 aliphatic heterocycles. The lowest BCUT2D eigenvalue weighted by molar-refractivity contribution is -0.143. The van der Waals surface area contributed by atoms with Crippen LogP contribution in [-0.4, -0.2) is 61.4 Å². The first-order valence-corrected chi connectivity index (χ1v) is 10.6. The molecule has 0 fully saturated rings. The standard InChI is InChI=1S/C23H39NO5/c1-4-12-22(26)28-19-10-7-8-13-21(5-2)14-9-11-20-29-23(27)15-16-24(6-3)17-18-25/h5,7,9-11,21,25H,2,4,6,8,12-20H2,1,3H3/b10-7+,11-9-. The highest BCUT2D eigenvalue weighted by Gasteiger charge is 2.07. The first kappa shape index (κ1) is 27.1. The number of ether oxygens (including phenoxy) is 2. The summed E-state index contributed by atoms with van der Waals surface area (Å²) < 4.78 is 10.3. The lowest BCUT2D eigenvalue weighted by atomic mass is 9.99. The monoisotopic (exact) mass is 409 g/mol. The number of nitrogens with zero attached hydrogens (tertiary/aromatic N) is 1. The summed E-state index contributed by atoms with van der Waals surface area (Å²) >= 11 is 0. The fourth-order valence-corrected chi connectivity index (χ4v) is 2.62. The highest BCUT2D eigenvalue weighted by Crippen LogP contribution is 2.13. The van der Waals surface area contributed by atoms with E-state index < -0.39 is 0 Å². The second-order valence-electron chi connectivity index (χ2n) is 6.78. The van der Waals surface area contributed by atoms with E-state index in [1.165, 1.54) is 0 Å². The number of carbonyl (C=O) groups excluding carboxylic acids is 2. The van der Waals surface area contributed by atoms with Crippen LogP contribution in [0, 0.1) is 5.92 Å². The molecule has 0 aromatic carbocycles. The maximum absolute atomic E-state index is 11.7. The molecule has 0 bridgehead atoms. The molecule has 6 heteroatoms. The summed E-state index contributed by atoms with van der Waals surface area (Å²) in [6, 6.07) is 0. The number of hydrogen-bond acceptors (Lipinski definition) is 6. The van der Waals surface area contributed by atoms with Gasteiger partial charge in [-0.1, -0.05) is 44.2 Å². The fourth-order valence-electron chi connectivity index (χ4n) is 2.62. The van der Waals surface area contributed by atoms with Crippen LogP contribution in [0.5, 0.6) is 0 Å². The summed E-state index contributed by atoms with van der Waals surface area (Å²) in [4.78, 5) is 25.0. The van der Waals surface area contributed by atoms with Crippen molar-refractivity contribution in [2.75, 3.05) is 39.5 Å². The molecule has 0 aromatic rings. The molecule has 0 aliphatic carbocycles. The van der Waals surface area contributed by atoms with Crippen molar-refractivity contribution in [1.29, 1.82) is 0 Å². The number of rotatable bonds is 18. The van der Waals surface area contributed by atoms with Crippen LogP contribution in [0.4, 0.5) is 0 Å². The predicted molar refractivity (Wildman–Crippen MR) is 116 cm³/mol. The number of hydrogen-bond donors (Lipinski definition) is 1. The van der Waals surface area contributed by atoms with Crippen LogP contribution in [0.25, 0.3) is 0 Å². The lowest BCUT2D eigenvalue weighted by Gasteiger charge is -2.17. The molecular formula is C23H39NO5. The zero-order valence-electron chi connectivity index (χ0n) is 18.2. The molecule has 0 amide bonds. The summed E-state index contributed by atoms with van der Waals surface area (Å²) in [6.45, 7) is 10.5. The van der Waals surface area contributed by atoms with E-state index >= 15 is 0 Å². The van der Waals surface area contributed by atoms with Gasteiger partial charge in [-0.05, 0) is 38.1 Å². The number of allylic oxidation sites excluding steroid dienone is 3. The zero-order valence-corrected chi connectivity index (χ0v) is 18.2. The average molecular weight is 410 g/mol. The molecule has 166 valence electrons. The SMILES string of the molecule is C=CC(C/C=C\COC(=O)CCN(CC)CCO)CC/C=C/COC(=O)CCC. The van der Waals surface area contributed by atoms with Crippen LogP contribution in [-0.2, 0) is 19.1 Å². The van der Waals surface area contributed by atoms with Gasteiger partial charge in [0.15, 0.2) is 0 Å². The average Bonchev–Trinajstić information content (AvgIpc) is 2.71. The van der Waals surface area contributed by atoms with Crippen molar-refractivity contribution >= 4 is 11.9 Å². The summed E-state index contributed by atoms with van der Waals surface area (Å²) in [5.74, 6) is -0.0262. The quantitative estimate of drug-likeness (QED) is 0.275. The second kappa shape index (κ2) is 19.4. The molecule has 0 spiro atoms.